The largest absolute Gasteiger partial charge is 0.494 e. The molecule has 104 valence electrons. The molecule has 0 bridgehead atoms. The fourth-order valence-electron chi connectivity index (χ4n) is 1.65. The second-order valence-electron chi connectivity index (χ2n) is 5.20. The van der Waals surface area contributed by atoms with Gasteiger partial charge in [0, 0.05) is 5.56 Å². The Kier molecular flexibility index (Phi) is 6.07. The zero-order valence-corrected chi connectivity index (χ0v) is 11.9. The Balaban J connectivity index is 0.00000289. The average molecular weight is 278 g/mol. The first-order valence-electron chi connectivity index (χ1n) is 5.55. The minimum atomic E-state index is -0.830. The Morgan fingerprint density at radius 3 is 2.33 bits per heavy atom. The summed E-state index contributed by atoms with van der Waals surface area (Å²) >= 11 is 0. The minimum absolute atomic E-state index is 0. The van der Waals surface area contributed by atoms with Crippen LogP contribution in [0.15, 0.2) is 18.2 Å². The highest BCUT2D eigenvalue weighted by Crippen LogP contribution is 2.32. The van der Waals surface area contributed by atoms with Crippen LogP contribution in [0.3, 0.4) is 0 Å². The molecule has 5 heteroatoms. The molecule has 0 saturated carbocycles. The molecule has 0 amide bonds. The van der Waals surface area contributed by atoms with Crippen molar-refractivity contribution in [3.8, 4) is 5.75 Å². The summed E-state index contributed by atoms with van der Waals surface area (Å²) in [5, 5.41) is 10.1. The van der Waals surface area contributed by atoms with Gasteiger partial charge in [0.2, 0.25) is 0 Å². The van der Waals surface area contributed by atoms with Crippen LogP contribution < -0.4 is 10.5 Å². The SMILES string of the molecule is COc1cccc([C@H](N)[C@H](O)C(C)(C)C)c1F.Cl. The van der Waals surface area contributed by atoms with Crippen LogP contribution in [-0.2, 0) is 0 Å². The number of hydrogen-bond acceptors (Lipinski definition) is 3. The van der Waals surface area contributed by atoms with Crippen molar-refractivity contribution in [1.29, 1.82) is 0 Å². The summed E-state index contributed by atoms with van der Waals surface area (Å²) < 4.78 is 18.8. The molecule has 1 rings (SSSR count). The van der Waals surface area contributed by atoms with Gasteiger partial charge in [-0.2, -0.15) is 0 Å². The monoisotopic (exact) mass is 277 g/mol. The van der Waals surface area contributed by atoms with E-state index in [0.717, 1.165) is 0 Å². The molecule has 2 atom stereocenters. The Morgan fingerprint density at radius 2 is 1.89 bits per heavy atom. The van der Waals surface area contributed by atoms with E-state index in [2.05, 4.69) is 0 Å². The number of methoxy groups -OCH3 is 1. The molecule has 0 aliphatic heterocycles. The molecule has 0 spiro atoms. The maximum Gasteiger partial charge on any atom is 0.169 e. The van der Waals surface area contributed by atoms with Crippen molar-refractivity contribution >= 4 is 12.4 Å². The quantitative estimate of drug-likeness (QED) is 0.893. The molecular formula is C13H21ClFNO2. The van der Waals surface area contributed by atoms with E-state index in [1.54, 1.807) is 12.1 Å². The molecule has 0 saturated heterocycles. The molecule has 0 heterocycles. The summed E-state index contributed by atoms with van der Waals surface area (Å²) in [5.74, 6) is -0.371. The maximum absolute atomic E-state index is 14.0. The van der Waals surface area contributed by atoms with E-state index < -0.39 is 23.4 Å². The van der Waals surface area contributed by atoms with Crippen molar-refractivity contribution in [2.24, 2.45) is 11.1 Å². The van der Waals surface area contributed by atoms with E-state index in [1.807, 2.05) is 20.8 Å². The lowest BCUT2D eigenvalue weighted by Crippen LogP contribution is -2.37. The van der Waals surface area contributed by atoms with Crippen molar-refractivity contribution in [3.63, 3.8) is 0 Å². The highest BCUT2D eigenvalue weighted by atomic mass is 35.5. The third kappa shape index (κ3) is 3.57. The summed E-state index contributed by atoms with van der Waals surface area (Å²) in [5.41, 5.74) is 5.77. The Bertz CT molecular complexity index is 393. The van der Waals surface area contributed by atoms with Crippen LogP contribution in [0.1, 0.15) is 32.4 Å². The third-order valence-electron chi connectivity index (χ3n) is 2.80. The van der Waals surface area contributed by atoms with Gasteiger partial charge in [-0.1, -0.05) is 32.9 Å². The second-order valence-corrected chi connectivity index (χ2v) is 5.20. The second kappa shape index (κ2) is 6.36. The first-order chi connectivity index (χ1) is 7.79. The number of halogens is 2. The third-order valence-corrected chi connectivity index (χ3v) is 2.80. The molecule has 3 nitrogen and oxygen atoms in total. The first-order valence-corrected chi connectivity index (χ1v) is 5.55. The number of hydrogen-bond donors (Lipinski definition) is 2. The van der Waals surface area contributed by atoms with Crippen LogP contribution in [0, 0.1) is 11.2 Å². The minimum Gasteiger partial charge on any atom is -0.494 e. The van der Waals surface area contributed by atoms with Gasteiger partial charge in [0.05, 0.1) is 19.3 Å². The Morgan fingerprint density at radius 1 is 1.33 bits per heavy atom. The summed E-state index contributed by atoms with van der Waals surface area (Å²) in [6.07, 6.45) is -0.830. The van der Waals surface area contributed by atoms with E-state index in [9.17, 15) is 9.50 Å². The lowest BCUT2D eigenvalue weighted by atomic mass is 9.82. The first kappa shape index (κ1) is 17.2. The number of benzene rings is 1. The van der Waals surface area contributed by atoms with E-state index >= 15 is 0 Å². The molecule has 1 aromatic rings. The molecule has 0 radical (unpaired) electrons. The van der Waals surface area contributed by atoms with Crippen LogP contribution in [0.5, 0.6) is 5.75 Å². The van der Waals surface area contributed by atoms with Crippen molar-refractivity contribution in [1.82, 2.24) is 0 Å². The Hall–Kier alpha value is -0.840. The van der Waals surface area contributed by atoms with E-state index in [1.165, 1.54) is 13.2 Å². The van der Waals surface area contributed by atoms with Gasteiger partial charge in [0.25, 0.3) is 0 Å². The molecule has 0 unspecified atom stereocenters. The predicted octanol–water partition coefficient (Wildman–Crippen LogP) is 2.66. The molecule has 0 fully saturated rings. The fourth-order valence-corrected chi connectivity index (χ4v) is 1.65. The van der Waals surface area contributed by atoms with Gasteiger partial charge in [0.1, 0.15) is 0 Å². The number of ether oxygens (including phenoxy) is 1. The summed E-state index contributed by atoms with van der Waals surface area (Å²) in [7, 11) is 1.40. The topological polar surface area (TPSA) is 55.5 Å². The van der Waals surface area contributed by atoms with Crippen molar-refractivity contribution in [2.75, 3.05) is 7.11 Å². The van der Waals surface area contributed by atoms with Gasteiger partial charge < -0.3 is 15.6 Å². The molecule has 1 aromatic carbocycles. The van der Waals surface area contributed by atoms with Crippen molar-refractivity contribution in [3.05, 3.63) is 29.6 Å². The van der Waals surface area contributed by atoms with Gasteiger partial charge in [-0.3, -0.25) is 0 Å². The van der Waals surface area contributed by atoms with E-state index in [4.69, 9.17) is 10.5 Å². The van der Waals surface area contributed by atoms with Crippen molar-refractivity contribution in [2.45, 2.75) is 32.9 Å². The normalized spacial score (nSPS) is 14.6. The smallest absolute Gasteiger partial charge is 0.169 e. The molecule has 0 aliphatic carbocycles. The van der Waals surface area contributed by atoms with Crippen LogP contribution in [0.25, 0.3) is 0 Å². The maximum atomic E-state index is 14.0. The van der Waals surface area contributed by atoms with E-state index in [0.29, 0.717) is 0 Å². The van der Waals surface area contributed by atoms with Crippen LogP contribution in [0.2, 0.25) is 0 Å². The van der Waals surface area contributed by atoms with Crippen LogP contribution in [-0.4, -0.2) is 18.3 Å². The zero-order chi connectivity index (χ0) is 13.2. The average Bonchev–Trinajstić information content (AvgIpc) is 2.26. The highest BCUT2D eigenvalue weighted by molar-refractivity contribution is 5.85. The van der Waals surface area contributed by atoms with Gasteiger partial charge in [-0.05, 0) is 11.5 Å². The fraction of sp³-hybridized carbons (Fsp3) is 0.538. The standard InChI is InChI=1S/C13H20FNO2.ClH/c1-13(2,3)12(16)11(15)8-6-5-7-9(17-4)10(8)14;/h5-7,11-12,16H,15H2,1-4H3;1H/t11-,12-;/m0./s1. The highest BCUT2D eigenvalue weighted by Gasteiger charge is 2.31. The molecule has 0 aliphatic rings. The predicted molar refractivity (Wildman–Crippen MR) is 72.6 cm³/mol. The van der Waals surface area contributed by atoms with Gasteiger partial charge in [-0.25, -0.2) is 4.39 Å². The number of nitrogens with two attached hydrogens (primary N) is 1. The molecule has 0 aromatic heterocycles. The molecule has 18 heavy (non-hydrogen) atoms. The lowest BCUT2D eigenvalue weighted by molar-refractivity contribution is 0.0390. The van der Waals surface area contributed by atoms with E-state index in [-0.39, 0.29) is 23.7 Å². The summed E-state index contributed by atoms with van der Waals surface area (Å²) in [6, 6.07) is 3.98. The lowest BCUT2D eigenvalue weighted by Gasteiger charge is -2.31. The van der Waals surface area contributed by atoms with Gasteiger partial charge in [0.15, 0.2) is 11.6 Å². The summed E-state index contributed by atoms with van der Waals surface area (Å²) in [6.45, 7) is 5.57. The Labute approximate surface area is 114 Å². The number of rotatable bonds is 3. The van der Waals surface area contributed by atoms with Crippen LogP contribution >= 0.6 is 12.4 Å². The zero-order valence-electron chi connectivity index (χ0n) is 11.1. The van der Waals surface area contributed by atoms with Crippen molar-refractivity contribution < 1.29 is 14.2 Å². The molecule has 3 N–H and O–H groups in total. The van der Waals surface area contributed by atoms with Crippen LogP contribution in [0.4, 0.5) is 4.39 Å². The number of aliphatic hydroxyl groups is 1. The van der Waals surface area contributed by atoms with Gasteiger partial charge in [-0.15, -0.1) is 12.4 Å². The van der Waals surface area contributed by atoms with Gasteiger partial charge >= 0.3 is 0 Å². The number of aliphatic hydroxyl groups excluding tert-OH is 1. The molecular weight excluding hydrogens is 257 g/mol. The summed E-state index contributed by atoms with van der Waals surface area (Å²) in [4.78, 5) is 0.